The van der Waals surface area contributed by atoms with E-state index in [9.17, 15) is 4.79 Å². The van der Waals surface area contributed by atoms with Crippen LogP contribution in [0.4, 0.5) is 10.8 Å². The second-order valence-electron chi connectivity index (χ2n) is 5.52. The Bertz CT molecular complexity index is 966. The first kappa shape index (κ1) is 17.6. The van der Waals surface area contributed by atoms with E-state index in [4.69, 9.17) is 10.5 Å². The molecule has 3 rings (SSSR count). The van der Waals surface area contributed by atoms with Gasteiger partial charge in [0.05, 0.1) is 24.6 Å². The maximum Gasteiger partial charge on any atom is 0.338 e. The molecule has 0 aliphatic rings. The van der Waals surface area contributed by atoms with Crippen molar-refractivity contribution in [1.29, 1.82) is 0 Å². The maximum atomic E-state index is 11.8. The zero-order valence-electron chi connectivity index (χ0n) is 14.4. The summed E-state index contributed by atoms with van der Waals surface area (Å²) < 4.78 is 4.77. The van der Waals surface area contributed by atoms with Crippen LogP contribution in [-0.4, -0.2) is 24.3 Å². The van der Waals surface area contributed by atoms with Crippen LogP contribution in [0.3, 0.4) is 0 Å². The fourth-order valence-corrected chi connectivity index (χ4v) is 3.14. The minimum atomic E-state index is -0.463. The van der Waals surface area contributed by atoms with Crippen LogP contribution in [0.25, 0.3) is 11.3 Å². The summed E-state index contributed by atoms with van der Waals surface area (Å²) in [6, 6.07) is 13.1. The van der Waals surface area contributed by atoms with E-state index in [2.05, 4.69) is 15.5 Å². The highest BCUT2D eigenvalue weighted by atomic mass is 32.1. The van der Waals surface area contributed by atoms with Crippen LogP contribution >= 0.6 is 11.3 Å². The molecular weight excluding hydrogens is 348 g/mol. The van der Waals surface area contributed by atoms with Crippen molar-refractivity contribution < 1.29 is 9.53 Å². The Kier molecular flexibility index (Phi) is 5.28. The molecule has 0 radical (unpaired) electrons. The summed E-state index contributed by atoms with van der Waals surface area (Å²) in [4.78, 5) is 16.4. The Morgan fingerprint density at radius 1 is 1.27 bits per heavy atom. The number of hydrogen-bond acceptors (Lipinski definition) is 7. The standard InChI is InChI=1S/C19H18N4O2S/c1-12-6-3-4-7-13(12)17-11-26-19(22-17)23-21-10-15-14(18(24)25-2)8-5-9-16(15)20/h3-11H,20H2,1-2H3,(H,22,23)/b21-10+. The molecule has 132 valence electrons. The fourth-order valence-electron chi connectivity index (χ4n) is 2.48. The van der Waals surface area contributed by atoms with Gasteiger partial charge in [0.15, 0.2) is 0 Å². The van der Waals surface area contributed by atoms with Crippen molar-refractivity contribution in [2.45, 2.75) is 6.92 Å². The van der Waals surface area contributed by atoms with Gasteiger partial charge < -0.3 is 10.5 Å². The van der Waals surface area contributed by atoms with Gasteiger partial charge in [0, 0.05) is 22.2 Å². The van der Waals surface area contributed by atoms with Gasteiger partial charge in [0.1, 0.15) is 0 Å². The van der Waals surface area contributed by atoms with Crippen molar-refractivity contribution in [3.8, 4) is 11.3 Å². The summed E-state index contributed by atoms with van der Waals surface area (Å²) in [5, 5.41) is 6.78. The third-order valence-electron chi connectivity index (χ3n) is 3.82. The number of carbonyl (C=O) groups excluding carboxylic acids is 1. The quantitative estimate of drug-likeness (QED) is 0.309. The molecule has 0 bridgehead atoms. The number of aryl methyl sites for hydroxylation is 1. The second kappa shape index (κ2) is 7.79. The maximum absolute atomic E-state index is 11.8. The van der Waals surface area contributed by atoms with Crippen LogP contribution in [0, 0.1) is 6.92 Å². The van der Waals surface area contributed by atoms with E-state index in [0.717, 1.165) is 16.8 Å². The van der Waals surface area contributed by atoms with Gasteiger partial charge in [0.2, 0.25) is 5.13 Å². The number of benzene rings is 2. The summed E-state index contributed by atoms with van der Waals surface area (Å²) in [5.74, 6) is -0.463. The summed E-state index contributed by atoms with van der Waals surface area (Å²) >= 11 is 1.45. The van der Waals surface area contributed by atoms with Crippen LogP contribution in [0.5, 0.6) is 0 Å². The predicted molar refractivity (Wildman–Crippen MR) is 106 cm³/mol. The van der Waals surface area contributed by atoms with Crippen LogP contribution in [0.1, 0.15) is 21.5 Å². The number of rotatable bonds is 5. The van der Waals surface area contributed by atoms with Gasteiger partial charge in [0.25, 0.3) is 0 Å². The average Bonchev–Trinajstić information content (AvgIpc) is 3.11. The van der Waals surface area contributed by atoms with E-state index in [-0.39, 0.29) is 0 Å². The average molecular weight is 366 g/mol. The van der Waals surface area contributed by atoms with Crippen molar-refractivity contribution in [3.63, 3.8) is 0 Å². The molecule has 7 heteroatoms. The lowest BCUT2D eigenvalue weighted by atomic mass is 10.1. The number of hydrazone groups is 1. The van der Waals surface area contributed by atoms with Crippen LogP contribution < -0.4 is 11.2 Å². The van der Waals surface area contributed by atoms with E-state index >= 15 is 0 Å². The lowest BCUT2D eigenvalue weighted by Gasteiger charge is -2.06. The topological polar surface area (TPSA) is 89.6 Å². The Morgan fingerprint density at radius 2 is 2.08 bits per heavy atom. The second-order valence-corrected chi connectivity index (χ2v) is 6.38. The zero-order valence-corrected chi connectivity index (χ0v) is 15.2. The first-order valence-corrected chi connectivity index (χ1v) is 8.75. The van der Waals surface area contributed by atoms with Crippen LogP contribution in [0.2, 0.25) is 0 Å². The fraction of sp³-hybridized carbons (Fsp3) is 0.105. The first-order chi connectivity index (χ1) is 12.6. The normalized spacial score (nSPS) is 10.8. The molecule has 0 unspecified atom stereocenters. The molecular formula is C19H18N4O2S. The highest BCUT2D eigenvalue weighted by Gasteiger charge is 2.12. The van der Waals surface area contributed by atoms with Gasteiger partial charge >= 0.3 is 5.97 Å². The van der Waals surface area contributed by atoms with Gasteiger partial charge in [-0.2, -0.15) is 5.10 Å². The van der Waals surface area contributed by atoms with E-state index in [1.807, 2.05) is 36.6 Å². The number of nitrogens with one attached hydrogen (secondary N) is 1. The highest BCUT2D eigenvalue weighted by Crippen LogP contribution is 2.27. The van der Waals surface area contributed by atoms with E-state index in [0.29, 0.717) is 21.9 Å². The van der Waals surface area contributed by atoms with Gasteiger partial charge in [-0.15, -0.1) is 11.3 Å². The predicted octanol–water partition coefficient (Wildman–Crippen LogP) is 3.93. The van der Waals surface area contributed by atoms with Gasteiger partial charge in [-0.25, -0.2) is 9.78 Å². The van der Waals surface area contributed by atoms with Gasteiger partial charge in [-0.1, -0.05) is 30.3 Å². The molecule has 0 fully saturated rings. The molecule has 0 amide bonds. The minimum absolute atomic E-state index is 0.359. The van der Waals surface area contributed by atoms with Crippen molar-refractivity contribution in [1.82, 2.24) is 4.98 Å². The summed E-state index contributed by atoms with van der Waals surface area (Å²) in [7, 11) is 1.33. The molecule has 0 aliphatic heterocycles. The number of ether oxygens (including phenoxy) is 1. The minimum Gasteiger partial charge on any atom is -0.465 e. The van der Waals surface area contributed by atoms with Crippen LogP contribution in [0.15, 0.2) is 52.9 Å². The number of nitrogens with zero attached hydrogens (tertiary/aromatic N) is 2. The van der Waals surface area contributed by atoms with Gasteiger partial charge in [-0.3, -0.25) is 5.43 Å². The lowest BCUT2D eigenvalue weighted by Crippen LogP contribution is -2.08. The van der Waals surface area contributed by atoms with Crippen molar-refractivity contribution in [2.24, 2.45) is 5.10 Å². The number of thiazole rings is 1. The molecule has 0 spiro atoms. The molecule has 0 aliphatic carbocycles. The number of hydrogen-bond donors (Lipinski definition) is 2. The molecule has 2 aromatic carbocycles. The number of esters is 1. The SMILES string of the molecule is COC(=O)c1cccc(N)c1/C=N/Nc1nc(-c2ccccc2C)cs1. The Morgan fingerprint density at radius 3 is 2.85 bits per heavy atom. The van der Waals surface area contributed by atoms with Crippen molar-refractivity contribution in [2.75, 3.05) is 18.3 Å². The third kappa shape index (κ3) is 3.73. The Labute approximate surface area is 155 Å². The van der Waals surface area contributed by atoms with Crippen molar-refractivity contribution in [3.05, 3.63) is 64.5 Å². The molecule has 3 N–H and O–H groups in total. The molecule has 6 nitrogen and oxygen atoms in total. The van der Waals surface area contributed by atoms with Crippen LogP contribution in [-0.2, 0) is 4.74 Å². The smallest absolute Gasteiger partial charge is 0.338 e. The van der Waals surface area contributed by atoms with Crippen molar-refractivity contribution >= 4 is 34.3 Å². The number of anilines is 2. The summed E-state index contributed by atoms with van der Waals surface area (Å²) in [6.45, 7) is 2.05. The third-order valence-corrected chi connectivity index (χ3v) is 4.57. The molecule has 1 aromatic heterocycles. The molecule has 1 heterocycles. The Balaban J connectivity index is 1.79. The molecule has 3 aromatic rings. The highest BCUT2D eigenvalue weighted by molar-refractivity contribution is 7.14. The monoisotopic (exact) mass is 366 g/mol. The molecule has 0 saturated heterocycles. The number of carbonyl (C=O) groups is 1. The molecule has 0 atom stereocenters. The van der Waals surface area contributed by atoms with E-state index < -0.39 is 5.97 Å². The summed E-state index contributed by atoms with van der Waals surface area (Å²) in [5.41, 5.74) is 13.3. The van der Waals surface area contributed by atoms with Gasteiger partial charge in [-0.05, 0) is 24.6 Å². The summed E-state index contributed by atoms with van der Waals surface area (Å²) in [6.07, 6.45) is 1.50. The zero-order chi connectivity index (χ0) is 18.5. The number of nitrogen functional groups attached to an aromatic ring is 1. The van der Waals surface area contributed by atoms with E-state index in [1.165, 1.54) is 24.7 Å². The number of aromatic nitrogens is 1. The number of methoxy groups -OCH3 is 1. The first-order valence-electron chi connectivity index (χ1n) is 7.87. The lowest BCUT2D eigenvalue weighted by molar-refractivity contribution is 0.0600. The largest absolute Gasteiger partial charge is 0.465 e. The number of nitrogens with two attached hydrogens (primary N) is 1. The Hall–Kier alpha value is -3.19. The van der Waals surface area contributed by atoms with E-state index in [1.54, 1.807) is 18.2 Å². The molecule has 26 heavy (non-hydrogen) atoms. The molecule has 0 saturated carbocycles.